The standard InChI is InChI=1S/C15H28O.C11H19NO5.C2H6/c1-2-3-4-5-6-11-15(16)13-12-14-9-7-8-10-14;1-2-3-4-5-8-11(13)16-9-6-7-10-17-12(14)15;1-2/h14H,2-13H2,1H3;2-3H,4-10H2,1H3;1-2H3/b;3-2-;. The molecule has 1 aliphatic rings. The number of esters is 1. The molecule has 1 rings (SSSR count). The molecular formula is C28H53NO6. The Morgan fingerprint density at radius 3 is 2.20 bits per heavy atom. The van der Waals surface area contributed by atoms with E-state index >= 15 is 0 Å². The van der Waals surface area contributed by atoms with Crippen LogP contribution in [0.2, 0.25) is 0 Å². The number of ether oxygens (including phenoxy) is 1. The smallest absolute Gasteiger partial charge is 0.305 e. The molecule has 0 saturated heterocycles. The van der Waals surface area contributed by atoms with Gasteiger partial charge in [-0.05, 0) is 51.4 Å². The van der Waals surface area contributed by atoms with Gasteiger partial charge in [0.25, 0.3) is 5.09 Å². The van der Waals surface area contributed by atoms with Crippen molar-refractivity contribution in [3.05, 3.63) is 22.3 Å². The van der Waals surface area contributed by atoms with Crippen molar-refractivity contribution >= 4 is 11.8 Å². The van der Waals surface area contributed by atoms with Gasteiger partial charge in [-0.1, -0.05) is 84.3 Å². The van der Waals surface area contributed by atoms with Gasteiger partial charge in [0.2, 0.25) is 0 Å². The molecule has 0 bridgehead atoms. The van der Waals surface area contributed by atoms with E-state index in [1.807, 2.05) is 32.9 Å². The van der Waals surface area contributed by atoms with Gasteiger partial charge in [-0.25, -0.2) is 0 Å². The number of hydrogen-bond donors (Lipinski definition) is 0. The molecule has 35 heavy (non-hydrogen) atoms. The lowest BCUT2D eigenvalue weighted by Gasteiger charge is -2.07. The van der Waals surface area contributed by atoms with E-state index < -0.39 is 5.09 Å². The number of carbonyl (C=O) groups excluding carboxylic acids is 2. The molecule has 7 heteroatoms. The minimum atomic E-state index is -0.826. The number of ketones is 1. The molecule has 0 aromatic rings. The fourth-order valence-electron chi connectivity index (χ4n) is 3.85. The first-order valence-electron chi connectivity index (χ1n) is 14.0. The molecule has 7 nitrogen and oxygen atoms in total. The van der Waals surface area contributed by atoms with Crippen LogP contribution >= 0.6 is 0 Å². The van der Waals surface area contributed by atoms with Crippen LogP contribution in [0.3, 0.4) is 0 Å². The predicted molar refractivity (Wildman–Crippen MR) is 143 cm³/mol. The monoisotopic (exact) mass is 499 g/mol. The van der Waals surface area contributed by atoms with Gasteiger partial charge in [-0.15, -0.1) is 10.1 Å². The maximum atomic E-state index is 11.6. The van der Waals surface area contributed by atoms with Gasteiger partial charge in [-0.3, -0.25) is 9.59 Å². The van der Waals surface area contributed by atoms with Crippen LogP contribution in [-0.2, 0) is 19.2 Å². The summed E-state index contributed by atoms with van der Waals surface area (Å²) < 4.78 is 4.94. The van der Waals surface area contributed by atoms with E-state index in [1.54, 1.807) is 0 Å². The Hall–Kier alpha value is -1.92. The molecule has 0 aliphatic heterocycles. The zero-order chi connectivity index (χ0) is 26.6. The predicted octanol–water partition coefficient (Wildman–Crippen LogP) is 8.18. The summed E-state index contributed by atoms with van der Waals surface area (Å²) in [7, 11) is 0. The summed E-state index contributed by atoms with van der Waals surface area (Å²) in [6.45, 7) is 8.51. The zero-order valence-corrected chi connectivity index (χ0v) is 23.1. The molecule has 0 aromatic heterocycles. The van der Waals surface area contributed by atoms with Crippen molar-refractivity contribution in [3.8, 4) is 0 Å². The summed E-state index contributed by atoms with van der Waals surface area (Å²) in [4.78, 5) is 36.7. The summed E-state index contributed by atoms with van der Waals surface area (Å²) in [5.41, 5.74) is 0. The van der Waals surface area contributed by atoms with Crippen LogP contribution in [0, 0.1) is 16.0 Å². The van der Waals surface area contributed by atoms with E-state index in [4.69, 9.17) is 4.74 Å². The number of unbranched alkanes of at least 4 members (excludes halogenated alkanes) is 6. The largest absolute Gasteiger partial charge is 0.466 e. The van der Waals surface area contributed by atoms with Crippen molar-refractivity contribution in [2.24, 2.45) is 5.92 Å². The normalized spacial score (nSPS) is 12.9. The number of carbonyl (C=O) groups is 2. The first-order valence-corrected chi connectivity index (χ1v) is 14.0. The Balaban J connectivity index is 0. The second kappa shape index (κ2) is 28.3. The Bertz CT molecular complexity index is 530. The SMILES string of the molecule is C/C=C\CCCC(=O)OCCCCO[N+](=O)[O-].CC.CCCCCCCC(=O)CCC1CCCC1. The Morgan fingerprint density at radius 2 is 1.57 bits per heavy atom. The number of rotatable bonds is 19. The molecule has 0 unspecified atom stereocenters. The topological polar surface area (TPSA) is 95.7 Å². The summed E-state index contributed by atoms with van der Waals surface area (Å²) in [6, 6.07) is 0. The van der Waals surface area contributed by atoms with Gasteiger partial charge in [0.05, 0.1) is 13.2 Å². The fraction of sp³-hybridized carbons (Fsp3) is 0.857. The molecule has 1 fully saturated rings. The third-order valence-corrected chi connectivity index (χ3v) is 5.85. The van der Waals surface area contributed by atoms with Gasteiger partial charge in [0, 0.05) is 19.3 Å². The number of hydrogen-bond acceptors (Lipinski definition) is 6. The molecule has 1 aliphatic carbocycles. The highest BCUT2D eigenvalue weighted by atomic mass is 16.9. The maximum Gasteiger partial charge on any atom is 0.305 e. The van der Waals surface area contributed by atoms with Crippen molar-refractivity contribution in [2.45, 2.75) is 137 Å². The third kappa shape index (κ3) is 28.2. The van der Waals surface area contributed by atoms with Gasteiger partial charge < -0.3 is 9.57 Å². The van der Waals surface area contributed by atoms with E-state index in [0.29, 0.717) is 31.7 Å². The van der Waals surface area contributed by atoms with Crippen molar-refractivity contribution in [1.82, 2.24) is 0 Å². The van der Waals surface area contributed by atoms with Crippen LogP contribution in [0.25, 0.3) is 0 Å². The molecule has 0 amide bonds. The highest BCUT2D eigenvalue weighted by Crippen LogP contribution is 2.28. The van der Waals surface area contributed by atoms with E-state index in [1.165, 1.54) is 57.8 Å². The lowest BCUT2D eigenvalue weighted by molar-refractivity contribution is -0.757. The second-order valence-corrected chi connectivity index (χ2v) is 8.84. The van der Waals surface area contributed by atoms with Crippen LogP contribution in [-0.4, -0.2) is 30.1 Å². The Kier molecular flexibility index (Phi) is 28.5. The molecule has 0 atom stereocenters. The van der Waals surface area contributed by atoms with Crippen molar-refractivity contribution in [3.63, 3.8) is 0 Å². The number of nitrogens with zero attached hydrogens (tertiary/aromatic N) is 1. The van der Waals surface area contributed by atoms with Crippen molar-refractivity contribution in [2.75, 3.05) is 13.2 Å². The van der Waals surface area contributed by atoms with Gasteiger partial charge in [-0.2, -0.15) is 0 Å². The first kappa shape index (κ1) is 35.2. The van der Waals surface area contributed by atoms with Crippen LogP contribution in [0.1, 0.15) is 137 Å². The minimum absolute atomic E-state index is 0.0475. The van der Waals surface area contributed by atoms with Crippen LogP contribution in [0.5, 0.6) is 0 Å². The van der Waals surface area contributed by atoms with Gasteiger partial charge >= 0.3 is 5.97 Å². The lowest BCUT2D eigenvalue weighted by Crippen LogP contribution is -2.07. The van der Waals surface area contributed by atoms with Gasteiger partial charge in [0.15, 0.2) is 0 Å². The molecule has 0 N–H and O–H groups in total. The molecule has 206 valence electrons. The fourth-order valence-corrected chi connectivity index (χ4v) is 3.85. The maximum absolute atomic E-state index is 11.6. The Labute approximate surface area is 214 Å². The summed E-state index contributed by atoms with van der Waals surface area (Å²) >= 11 is 0. The second-order valence-electron chi connectivity index (χ2n) is 8.84. The first-order chi connectivity index (χ1) is 17.0. The van der Waals surface area contributed by atoms with E-state index in [-0.39, 0.29) is 12.6 Å². The average Bonchev–Trinajstić information content (AvgIpc) is 3.38. The lowest BCUT2D eigenvalue weighted by atomic mass is 9.98. The third-order valence-electron chi connectivity index (χ3n) is 5.85. The quantitative estimate of drug-likeness (QED) is 0.0584. The average molecular weight is 500 g/mol. The van der Waals surface area contributed by atoms with Crippen LogP contribution in [0.15, 0.2) is 12.2 Å². The molecule has 1 saturated carbocycles. The Morgan fingerprint density at radius 1 is 0.914 bits per heavy atom. The molecule has 0 heterocycles. The van der Waals surface area contributed by atoms with Crippen molar-refractivity contribution < 1.29 is 24.3 Å². The molecule has 0 spiro atoms. The molecular weight excluding hydrogens is 446 g/mol. The van der Waals surface area contributed by atoms with Crippen LogP contribution < -0.4 is 0 Å². The summed E-state index contributed by atoms with van der Waals surface area (Å²) in [5.74, 6) is 1.18. The highest BCUT2D eigenvalue weighted by Gasteiger charge is 2.15. The summed E-state index contributed by atoms with van der Waals surface area (Å²) in [6.07, 6.45) is 21.8. The van der Waals surface area contributed by atoms with E-state index in [9.17, 15) is 19.7 Å². The minimum Gasteiger partial charge on any atom is -0.466 e. The van der Waals surface area contributed by atoms with Crippen molar-refractivity contribution in [1.29, 1.82) is 0 Å². The zero-order valence-electron chi connectivity index (χ0n) is 23.1. The highest BCUT2D eigenvalue weighted by molar-refractivity contribution is 5.78. The van der Waals surface area contributed by atoms with Gasteiger partial charge in [0.1, 0.15) is 5.78 Å². The number of Topliss-reactive ketones (excluding diaryl/α,β-unsaturated/α-hetero) is 1. The number of allylic oxidation sites excluding steroid dienone is 2. The molecule has 0 aromatic carbocycles. The van der Waals surface area contributed by atoms with E-state index in [0.717, 1.165) is 38.0 Å². The molecule has 0 radical (unpaired) electrons. The van der Waals surface area contributed by atoms with E-state index in [2.05, 4.69) is 11.8 Å². The van der Waals surface area contributed by atoms with Crippen LogP contribution in [0.4, 0.5) is 0 Å². The summed E-state index contributed by atoms with van der Waals surface area (Å²) in [5, 5.41) is 8.98.